The van der Waals surface area contributed by atoms with Gasteiger partial charge in [-0.15, -0.1) is 0 Å². The Balaban J connectivity index is 1.14. The smallest absolute Gasteiger partial charge is 0.159 e. The monoisotopic (exact) mass is 727 g/mol. The van der Waals surface area contributed by atoms with Crippen LogP contribution in [-0.2, 0) is 5.41 Å². The van der Waals surface area contributed by atoms with Crippen molar-refractivity contribution in [2.45, 2.75) is 5.41 Å². The number of furan rings is 1. The molecule has 0 saturated carbocycles. The highest BCUT2D eigenvalue weighted by atomic mass is 16.3. The number of hydrogen-bond acceptors (Lipinski definition) is 2. The molecule has 0 fully saturated rings. The van der Waals surface area contributed by atoms with E-state index in [9.17, 15) is 0 Å². The van der Waals surface area contributed by atoms with Crippen molar-refractivity contribution in [2.24, 2.45) is 0 Å². The molecule has 268 valence electrons. The summed E-state index contributed by atoms with van der Waals surface area (Å²) in [6, 6.07) is 81.0. The van der Waals surface area contributed by atoms with Crippen molar-refractivity contribution in [3.8, 4) is 33.4 Å². The molecule has 2 nitrogen and oxygen atoms in total. The lowest BCUT2D eigenvalue weighted by Crippen LogP contribution is -2.28. The molecule has 0 saturated heterocycles. The summed E-state index contributed by atoms with van der Waals surface area (Å²) in [5.74, 6) is 0. The van der Waals surface area contributed by atoms with Gasteiger partial charge in [0.25, 0.3) is 0 Å². The summed E-state index contributed by atoms with van der Waals surface area (Å²) in [6.07, 6.45) is 0. The first-order valence-corrected chi connectivity index (χ1v) is 19.6. The Hall–Kier alpha value is -7.42. The molecule has 0 N–H and O–H groups in total. The fourth-order valence-electron chi connectivity index (χ4n) is 9.24. The summed E-state index contributed by atoms with van der Waals surface area (Å²) in [4.78, 5) is 2.35. The molecule has 0 aliphatic heterocycles. The van der Waals surface area contributed by atoms with Crippen molar-refractivity contribution in [2.75, 3.05) is 4.90 Å². The van der Waals surface area contributed by atoms with Gasteiger partial charge in [0.05, 0.1) is 11.1 Å². The first kappa shape index (κ1) is 33.0. The van der Waals surface area contributed by atoms with Crippen LogP contribution < -0.4 is 4.90 Å². The van der Waals surface area contributed by atoms with Gasteiger partial charge in [-0.25, -0.2) is 0 Å². The van der Waals surface area contributed by atoms with Crippen LogP contribution in [0.3, 0.4) is 0 Å². The van der Waals surface area contributed by atoms with Crippen LogP contribution in [0.15, 0.2) is 229 Å². The minimum absolute atomic E-state index is 0.494. The van der Waals surface area contributed by atoms with E-state index in [-0.39, 0.29) is 0 Å². The number of benzene rings is 9. The van der Waals surface area contributed by atoms with Gasteiger partial charge < -0.3 is 9.32 Å². The van der Waals surface area contributed by atoms with Crippen molar-refractivity contribution in [1.29, 1.82) is 0 Å². The van der Waals surface area contributed by atoms with Crippen LogP contribution in [0.1, 0.15) is 22.3 Å². The third-order valence-electron chi connectivity index (χ3n) is 11.7. The van der Waals surface area contributed by atoms with E-state index in [1.165, 1.54) is 44.5 Å². The van der Waals surface area contributed by atoms with E-state index in [4.69, 9.17) is 4.42 Å². The second-order valence-corrected chi connectivity index (χ2v) is 14.8. The highest BCUT2D eigenvalue weighted by molar-refractivity contribution is 6.11. The minimum atomic E-state index is -0.494. The Morgan fingerprint density at radius 2 is 0.860 bits per heavy atom. The van der Waals surface area contributed by atoms with Gasteiger partial charge in [0.15, 0.2) is 5.58 Å². The zero-order valence-electron chi connectivity index (χ0n) is 31.2. The Bertz CT molecular complexity index is 2940. The van der Waals surface area contributed by atoms with Gasteiger partial charge in [-0.2, -0.15) is 0 Å². The van der Waals surface area contributed by atoms with Gasteiger partial charge in [-0.05, 0) is 98.1 Å². The van der Waals surface area contributed by atoms with E-state index in [0.29, 0.717) is 0 Å². The molecule has 1 aliphatic rings. The first-order chi connectivity index (χ1) is 28.3. The highest BCUT2D eigenvalue weighted by Crippen LogP contribution is 2.56. The summed E-state index contributed by atoms with van der Waals surface area (Å²) in [7, 11) is 0. The third-order valence-corrected chi connectivity index (χ3v) is 11.7. The number of rotatable bonds is 7. The summed E-state index contributed by atoms with van der Waals surface area (Å²) in [6.45, 7) is 0. The number of para-hydroxylation sites is 1. The Morgan fingerprint density at radius 3 is 1.46 bits per heavy atom. The Labute approximate surface area is 332 Å². The van der Waals surface area contributed by atoms with Gasteiger partial charge in [-0.3, -0.25) is 0 Å². The maximum absolute atomic E-state index is 6.99. The van der Waals surface area contributed by atoms with Gasteiger partial charge in [0.2, 0.25) is 0 Å². The molecule has 1 heterocycles. The Morgan fingerprint density at radius 1 is 0.351 bits per heavy atom. The van der Waals surface area contributed by atoms with Crippen LogP contribution in [-0.4, -0.2) is 0 Å². The van der Waals surface area contributed by atoms with Gasteiger partial charge >= 0.3 is 0 Å². The molecular formula is C55H37NO. The average molecular weight is 728 g/mol. The maximum Gasteiger partial charge on any atom is 0.159 e. The maximum atomic E-state index is 6.99. The summed E-state index contributed by atoms with van der Waals surface area (Å²) in [5, 5.41) is 2.17. The van der Waals surface area contributed by atoms with Crippen molar-refractivity contribution < 1.29 is 4.42 Å². The van der Waals surface area contributed by atoms with Crippen LogP contribution in [0.4, 0.5) is 17.1 Å². The van der Waals surface area contributed by atoms with Crippen molar-refractivity contribution >= 4 is 39.0 Å². The second-order valence-electron chi connectivity index (χ2n) is 14.8. The molecular weight excluding hydrogens is 691 g/mol. The lowest BCUT2D eigenvalue weighted by Gasteiger charge is -2.33. The molecule has 0 amide bonds. The quantitative estimate of drug-likeness (QED) is 0.163. The largest absolute Gasteiger partial charge is 0.454 e. The fourth-order valence-corrected chi connectivity index (χ4v) is 9.24. The van der Waals surface area contributed by atoms with Crippen LogP contribution in [0, 0.1) is 0 Å². The lowest BCUT2D eigenvalue weighted by molar-refractivity contribution is 0.668. The van der Waals surface area contributed by atoms with E-state index in [1.54, 1.807) is 0 Å². The van der Waals surface area contributed by atoms with E-state index in [0.717, 1.165) is 50.1 Å². The molecule has 0 atom stereocenters. The fraction of sp³-hybridized carbons (Fsp3) is 0.0182. The predicted octanol–water partition coefficient (Wildman–Crippen LogP) is 14.8. The van der Waals surface area contributed by atoms with Crippen LogP contribution >= 0.6 is 0 Å². The summed E-state index contributed by atoms with van der Waals surface area (Å²) in [5.41, 5.74) is 16.6. The minimum Gasteiger partial charge on any atom is -0.454 e. The third kappa shape index (κ3) is 5.26. The molecule has 0 radical (unpaired) electrons. The molecule has 0 spiro atoms. The number of fused-ring (bicyclic) bond motifs is 6. The molecule has 2 heteroatoms. The zero-order chi connectivity index (χ0) is 37.8. The molecule has 1 aromatic heterocycles. The number of anilines is 3. The molecule has 11 rings (SSSR count). The van der Waals surface area contributed by atoms with E-state index in [1.807, 2.05) is 0 Å². The van der Waals surface area contributed by atoms with E-state index in [2.05, 4.69) is 229 Å². The number of hydrogen-bond donors (Lipinski definition) is 0. The highest BCUT2D eigenvalue weighted by Gasteiger charge is 2.46. The standard InChI is InChI=1S/C55H37NO/c1-4-17-38(18-5-1)40-21-14-25-44(35-40)56(45-26-15-22-41(36-45)39-19-6-2-7-20-39)52-32-16-29-48-49-37-43(33-34-53(49)57-54(48)52)55(42-23-8-3-9-24-42)50-30-12-10-27-46(50)47-28-11-13-31-51(47)55/h1-37H. The Kier molecular flexibility index (Phi) is 7.75. The van der Waals surface area contributed by atoms with Crippen LogP contribution in [0.25, 0.3) is 55.3 Å². The zero-order valence-corrected chi connectivity index (χ0v) is 31.2. The van der Waals surface area contributed by atoms with Gasteiger partial charge in [0.1, 0.15) is 5.58 Å². The molecule has 1 aliphatic carbocycles. The molecule has 57 heavy (non-hydrogen) atoms. The topological polar surface area (TPSA) is 16.4 Å². The van der Waals surface area contributed by atoms with Gasteiger partial charge in [-0.1, -0.05) is 182 Å². The molecule has 9 aromatic carbocycles. The summed E-state index contributed by atoms with van der Waals surface area (Å²) >= 11 is 0. The second kappa shape index (κ2) is 13.4. The molecule has 0 bridgehead atoms. The SMILES string of the molecule is c1ccc(-c2cccc(N(c3cccc(-c4ccccc4)c3)c3cccc4c3oc3ccc(C5(c6ccccc6)c6ccccc6-c6ccccc65)cc34)c2)cc1. The van der Waals surface area contributed by atoms with E-state index >= 15 is 0 Å². The van der Waals surface area contributed by atoms with Crippen LogP contribution in [0.2, 0.25) is 0 Å². The van der Waals surface area contributed by atoms with Crippen LogP contribution in [0.5, 0.6) is 0 Å². The van der Waals surface area contributed by atoms with Crippen molar-refractivity contribution in [3.05, 3.63) is 247 Å². The first-order valence-electron chi connectivity index (χ1n) is 19.6. The number of nitrogens with zero attached hydrogens (tertiary/aromatic N) is 1. The van der Waals surface area contributed by atoms with E-state index < -0.39 is 5.41 Å². The predicted molar refractivity (Wildman–Crippen MR) is 237 cm³/mol. The van der Waals surface area contributed by atoms with Crippen molar-refractivity contribution in [1.82, 2.24) is 0 Å². The van der Waals surface area contributed by atoms with Crippen molar-refractivity contribution in [3.63, 3.8) is 0 Å². The molecule has 10 aromatic rings. The average Bonchev–Trinajstić information content (AvgIpc) is 3.82. The molecule has 0 unspecified atom stereocenters. The lowest BCUT2D eigenvalue weighted by atomic mass is 9.67. The normalized spacial score (nSPS) is 12.7. The van der Waals surface area contributed by atoms with Gasteiger partial charge in [0, 0.05) is 22.1 Å². The summed E-state index contributed by atoms with van der Waals surface area (Å²) < 4.78 is 6.99.